The maximum absolute atomic E-state index is 11.0. The summed E-state index contributed by atoms with van der Waals surface area (Å²) in [5.74, 6) is 0.505. The van der Waals surface area contributed by atoms with Crippen LogP contribution in [0.5, 0.6) is 0 Å². The molecule has 12 aromatic rings. The van der Waals surface area contributed by atoms with Gasteiger partial charge < -0.3 is 45.5 Å². The Bertz CT molecular complexity index is 4120. The number of aryl methyl sites for hydroxylation is 2. The van der Waals surface area contributed by atoms with E-state index < -0.39 is 28.2 Å². The smallest absolute Gasteiger partial charge is 0.327 e. The van der Waals surface area contributed by atoms with Crippen LogP contribution < -0.4 is 56.3 Å². The normalized spacial score (nSPS) is 10.6. The van der Waals surface area contributed by atoms with Gasteiger partial charge in [-0.05, 0) is 0 Å². The minimum atomic E-state index is -0.650. The summed E-state index contributed by atoms with van der Waals surface area (Å²) < 4.78 is 3.50. The lowest BCUT2D eigenvalue weighted by Gasteiger charge is -1.92. The summed E-state index contributed by atoms with van der Waals surface area (Å²) in [7, 11) is 3.66. The Morgan fingerprint density at radius 3 is 1.62 bits per heavy atom. The van der Waals surface area contributed by atoms with Gasteiger partial charge in [0.1, 0.15) is 28.5 Å². The monoisotopic (exact) mass is 906 g/mol. The van der Waals surface area contributed by atoms with Crippen LogP contribution in [-0.4, -0.2) is 119 Å². The van der Waals surface area contributed by atoms with Gasteiger partial charge in [-0.1, -0.05) is 0 Å². The molecule has 0 atom stereocenters. The fraction of sp³-hybridized carbons (Fsp3) is 0.0625. The van der Waals surface area contributed by atoms with Crippen LogP contribution in [0.1, 0.15) is 0 Å². The van der Waals surface area contributed by atoms with E-state index in [0.717, 1.165) is 5.65 Å². The van der Waals surface area contributed by atoms with Crippen molar-refractivity contribution in [1.29, 1.82) is 0 Å². The van der Waals surface area contributed by atoms with E-state index in [0.29, 0.717) is 44.8 Å². The standard InChI is InChI=1S/C6H7N5.C6H6N4O.C5H5N5O.C5H4N4O3.C5H4N4O2.C5H4N4O/c1-11-3-10-4-5(7)8-2-9-6(4)11;1-10-3-9-4-5(10)7-2-8-6(4)11;6-5-9-3-2(4(11)10-5)7-1-8-3;10-3-1-2(7-4(11)6-1)8-5(12)9-3;10-4-2-3(7-1-6-2)8-5(11)9-4;10-5-3-4(7-1-6-3)8-2-9-5/h2-3H,1H3,(H2,7,8,9);2-3H,1H3,(H,7,8,11);1H,(H4,6,7,8,9,10,11);(H4,6,7,8,9,10,11,12);1H,(H3,6,7,8,9,10,11);1-2H,(H2,6,7,8,9,10). The zero-order chi connectivity index (χ0) is 47.1. The molecule has 12 rings (SSSR count). The van der Waals surface area contributed by atoms with Crippen molar-refractivity contribution >= 4 is 78.7 Å². The Hall–Kier alpha value is -10.7. The third-order valence-electron chi connectivity index (χ3n) is 8.32. The number of hydrogen-bond acceptors (Lipinski definition) is 20. The van der Waals surface area contributed by atoms with Gasteiger partial charge in [0.25, 0.3) is 27.8 Å². The summed E-state index contributed by atoms with van der Waals surface area (Å²) in [4.78, 5) is 154. The topological polar surface area (TPSA) is 517 Å². The van der Waals surface area contributed by atoms with Gasteiger partial charge >= 0.3 is 17.1 Å². The fourth-order valence-electron chi connectivity index (χ4n) is 5.38. The first-order valence-corrected chi connectivity index (χ1v) is 18.0. The lowest BCUT2D eigenvalue weighted by molar-refractivity contribution is 0.927. The highest BCUT2D eigenvalue weighted by Crippen LogP contribution is 2.12. The van der Waals surface area contributed by atoms with Crippen molar-refractivity contribution < 1.29 is 0 Å². The third kappa shape index (κ3) is 9.59. The Labute approximate surface area is 356 Å². The summed E-state index contributed by atoms with van der Waals surface area (Å²) >= 11 is 0. The summed E-state index contributed by atoms with van der Waals surface area (Å²) in [5, 5.41) is 0. The van der Waals surface area contributed by atoms with E-state index in [4.69, 9.17) is 11.5 Å². The quantitative estimate of drug-likeness (QED) is 0.0684. The van der Waals surface area contributed by atoms with Crippen molar-refractivity contribution in [2.45, 2.75) is 0 Å². The SMILES string of the molecule is Cn1cnc2c(=O)[nH]cnc21.Cn1cnc2c(N)ncnc21.Nc1nc2nc[nH]c2c(=O)[nH]1.O=c1[nH]c(=O)c2[nH]c(=O)[nH]c2[nH]1.O=c1[nH]c(=O)c2[nH]cnc2[nH]1.O=c1[nH]cnc2nc[nH]c12. The fourth-order valence-corrected chi connectivity index (χ4v) is 5.38. The first kappa shape index (κ1) is 43.4. The van der Waals surface area contributed by atoms with Crippen molar-refractivity contribution in [2.24, 2.45) is 14.1 Å². The largest absolute Gasteiger partial charge is 0.382 e. The van der Waals surface area contributed by atoms with Crippen molar-refractivity contribution in [3.63, 3.8) is 0 Å². The minimum absolute atomic E-state index is 0.0413. The number of nitrogen functional groups attached to an aromatic ring is 2. The molecule has 34 heteroatoms. The average Bonchev–Trinajstić information content (AvgIpc) is 4.14. The van der Waals surface area contributed by atoms with Crippen LogP contribution in [0.2, 0.25) is 0 Å². The molecule has 0 aromatic carbocycles. The van der Waals surface area contributed by atoms with Gasteiger partial charge in [-0.3, -0.25) is 58.9 Å². The molecule has 0 radical (unpaired) electrons. The molecule has 0 aliphatic carbocycles. The van der Waals surface area contributed by atoms with Crippen molar-refractivity contribution in [3.05, 3.63) is 134 Å². The third-order valence-corrected chi connectivity index (χ3v) is 8.32. The molecule has 0 aliphatic rings. The number of anilines is 2. The minimum Gasteiger partial charge on any atom is -0.382 e. The molecule has 34 nitrogen and oxygen atoms in total. The molecule has 0 aliphatic heterocycles. The number of H-pyrrole nitrogens is 12. The number of nitrogens with one attached hydrogen (secondary N) is 12. The molecule has 336 valence electrons. The molecule has 0 fully saturated rings. The second-order valence-electron chi connectivity index (χ2n) is 12.7. The summed E-state index contributed by atoms with van der Waals surface area (Å²) in [6, 6.07) is 0. The number of aromatic amines is 12. The molecule has 0 unspecified atom stereocenters. The van der Waals surface area contributed by atoms with Crippen molar-refractivity contribution in [1.82, 2.24) is 119 Å². The summed E-state index contributed by atoms with van der Waals surface area (Å²) in [6.45, 7) is 0. The zero-order valence-corrected chi connectivity index (χ0v) is 33.4. The predicted octanol–water partition coefficient (Wildman–Crippen LogP) is -4.35. The number of nitrogens with two attached hydrogens (primary N) is 2. The molecule has 0 spiro atoms. The van der Waals surface area contributed by atoms with Crippen LogP contribution in [0.4, 0.5) is 11.8 Å². The molecular weight excluding hydrogens is 877 g/mol. The van der Waals surface area contributed by atoms with Gasteiger partial charge in [-0.25, -0.2) is 59.2 Å². The molecule has 0 bridgehead atoms. The van der Waals surface area contributed by atoms with Gasteiger partial charge in [0.15, 0.2) is 50.6 Å². The molecule has 66 heavy (non-hydrogen) atoms. The van der Waals surface area contributed by atoms with Crippen LogP contribution in [-0.2, 0) is 14.1 Å². The number of aromatic nitrogens is 24. The maximum Gasteiger partial charge on any atom is 0.327 e. The second kappa shape index (κ2) is 18.5. The van der Waals surface area contributed by atoms with E-state index in [2.05, 4.69) is 105 Å². The van der Waals surface area contributed by atoms with E-state index in [1.54, 1.807) is 28.8 Å². The van der Waals surface area contributed by atoms with E-state index in [1.165, 1.54) is 38.0 Å². The zero-order valence-electron chi connectivity index (χ0n) is 33.4. The highest BCUT2D eigenvalue weighted by Gasteiger charge is 2.06. The number of nitrogens with zero attached hydrogens (tertiary/aromatic N) is 12. The summed E-state index contributed by atoms with van der Waals surface area (Å²) in [5.41, 5.74) is 12.0. The number of rotatable bonds is 0. The van der Waals surface area contributed by atoms with Crippen LogP contribution in [0.3, 0.4) is 0 Å². The highest BCUT2D eigenvalue weighted by molar-refractivity contribution is 5.81. The van der Waals surface area contributed by atoms with Gasteiger partial charge in [0, 0.05) is 14.1 Å². The van der Waals surface area contributed by atoms with Gasteiger partial charge in [0.05, 0.1) is 44.3 Å². The maximum atomic E-state index is 11.0. The van der Waals surface area contributed by atoms with Gasteiger partial charge in [0.2, 0.25) is 5.95 Å². The molecule has 0 saturated heterocycles. The number of hydrogen-bond donors (Lipinski definition) is 14. The molecule has 16 N–H and O–H groups in total. The lowest BCUT2D eigenvalue weighted by Crippen LogP contribution is -2.21. The lowest BCUT2D eigenvalue weighted by atomic mass is 10.5. The Morgan fingerprint density at radius 1 is 0.439 bits per heavy atom. The van der Waals surface area contributed by atoms with E-state index in [9.17, 15) is 38.4 Å². The predicted molar refractivity (Wildman–Crippen MR) is 231 cm³/mol. The van der Waals surface area contributed by atoms with Crippen LogP contribution >= 0.6 is 0 Å². The van der Waals surface area contributed by atoms with Crippen molar-refractivity contribution in [2.75, 3.05) is 11.5 Å². The Kier molecular flexibility index (Phi) is 12.2. The van der Waals surface area contributed by atoms with E-state index in [1.807, 2.05) is 12.0 Å². The molecule has 12 heterocycles. The Morgan fingerprint density at radius 2 is 0.955 bits per heavy atom. The van der Waals surface area contributed by atoms with Gasteiger partial charge in [-0.15, -0.1) is 0 Å². The van der Waals surface area contributed by atoms with Crippen LogP contribution in [0.15, 0.2) is 89.0 Å². The second-order valence-corrected chi connectivity index (χ2v) is 12.7. The van der Waals surface area contributed by atoms with E-state index in [-0.39, 0.29) is 45.0 Å². The van der Waals surface area contributed by atoms with Crippen LogP contribution in [0.25, 0.3) is 67.0 Å². The number of imidazole rings is 6. The average molecular weight is 907 g/mol. The molecule has 0 saturated carbocycles. The van der Waals surface area contributed by atoms with Gasteiger partial charge in [-0.2, -0.15) is 4.98 Å². The molecular formula is C32H30N26O8. The molecule has 0 amide bonds. The van der Waals surface area contributed by atoms with E-state index >= 15 is 0 Å². The Balaban J connectivity index is 0.000000118. The van der Waals surface area contributed by atoms with Crippen LogP contribution in [0, 0.1) is 0 Å². The first-order chi connectivity index (χ1) is 31.7. The van der Waals surface area contributed by atoms with Crippen molar-refractivity contribution in [3.8, 4) is 0 Å². The highest BCUT2D eigenvalue weighted by atomic mass is 16.2. The molecule has 12 aromatic heterocycles. The first-order valence-electron chi connectivity index (χ1n) is 18.0. The summed E-state index contributed by atoms with van der Waals surface area (Å²) in [6.07, 6.45) is 11.5. The number of fused-ring (bicyclic) bond motifs is 6.